The van der Waals surface area contributed by atoms with Gasteiger partial charge in [-0.1, -0.05) is 6.92 Å². The Labute approximate surface area is 68.2 Å². The number of aromatic nitrogens is 2. The molecule has 4 heteroatoms. The van der Waals surface area contributed by atoms with Crippen LogP contribution in [0.1, 0.15) is 12.6 Å². The van der Waals surface area contributed by atoms with E-state index in [2.05, 4.69) is 9.97 Å². The highest BCUT2D eigenvalue weighted by Crippen LogP contribution is 2.09. The summed E-state index contributed by atoms with van der Waals surface area (Å²) >= 11 is 0. The Balaban J connectivity index is 2.74. The van der Waals surface area contributed by atoms with Crippen molar-refractivity contribution >= 4 is 11.1 Å². The van der Waals surface area contributed by atoms with Crippen molar-refractivity contribution < 1.29 is 4.42 Å². The fourth-order valence-corrected chi connectivity index (χ4v) is 1.08. The van der Waals surface area contributed by atoms with Crippen LogP contribution in [0.2, 0.25) is 0 Å². The molecule has 0 aliphatic heterocycles. The van der Waals surface area contributed by atoms with Crippen molar-refractivity contribution in [2.45, 2.75) is 13.3 Å². The van der Waals surface area contributed by atoms with E-state index >= 15 is 0 Å². The minimum Gasteiger partial charge on any atom is -0.408 e. The number of rotatable bonds is 1. The lowest BCUT2D eigenvalue weighted by Gasteiger charge is -1.91. The molecule has 0 unspecified atom stereocenters. The third-order valence-electron chi connectivity index (χ3n) is 1.72. The van der Waals surface area contributed by atoms with Gasteiger partial charge in [-0.15, -0.1) is 0 Å². The summed E-state index contributed by atoms with van der Waals surface area (Å²) in [4.78, 5) is 17.4. The van der Waals surface area contributed by atoms with Crippen LogP contribution in [0, 0.1) is 0 Å². The summed E-state index contributed by atoms with van der Waals surface area (Å²) in [5.74, 6) is -0.431. The van der Waals surface area contributed by atoms with Crippen molar-refractivity contribution in [3.8, 4) is 0 Å². The standard InChI is InChI=1S/C8H8N2O2/c1-2-5-3-7-6(4-9-5)10-8(11)12-7/h3-4H,2H2,1H3,(H,10,11). The predicted molar refractivity (Wildman–Crippen MR) is 44.0 cm³/mol. The first-order valence-electron chi connectivity index (χ1n) is 3.77. The van der Waals surface area contributed by atoms with Gasteiger partial charge in [-0.05, 0) is 6.42 Å². The van der Waals surface area contributed by atoms with Crippen LogP contribution in [0.25, 0.3) is 11.1 Å². The third-order valence-corrected chi connectivity index (χ3v) is 1.72. The van der Waals surface area contributed by atoms with E-state index in [1.54, 1.807) is 12.3 Å². The van der Waals surface area contributed by atoms with Crippen molar-refractivity contribution in [3.05, 3.63) is 28.5 Å². The molecule has 2 heterocycles. The van der Waals surface area contributed by atoms with E-state index in [-0.39, 0.29) is 0 Å². The molecule has 0 bridgehead atoms. The van der Waals surface area contributed by atoms with Gasteiger partial charge in [0.05, 0.1) is 6.20 Å². The summed E-state index contributed by atoms with van der Waals surface area (Å²) in [5, 5.41) is 0. The molecule has 0 saturated carbocycles. The number of hydrogen-bond acceptors (Lipinski definition) is 3. The molecule has 0 aliphatic carbocycles. The van der Waals surface area contributed by atoms with E-state index in [4.69, 9.17) is 4.42 Å². The molecular weight excluding hydrogens is 156 g/mol. The highest BCUT2D eigenvalue weighted by atomic mass is 16.4. The highest BCUT2D eigenvalue weighted by molar-refractivity contribution is 5.70. The van der Waals surface area contributed by atoms with E-state index in [0.29, 0.717) is 11.1 Å². The zero-order valence-corrected chi connectivity index (χ0v) is 6.63. The minimum absolute atomic E-state index is 0.431. The smallest absolute Gasteiger partial charge is 0.408 e. The maximum atomic E-state index is 10.7. The molecule has 12 heavy (non-hydrogen) atoms. The van der Waals surface area contributed by atoms with Gasteiger partial charge in [0, 0.05) is 11.8 Å². The minimum atomic E-state index is -0.431. The first-order chi connectivity index (χ1) is 5.79. The lowest BCUT2D eigenvalue weighted by Crippen LogP contribution is -1.92. The van der Waals surface area contributed by atoms with Crippen LogP contribution in [-0.4, -0.2) is 9.97 Å². The molecule has 0 aliphatic rings. The molecule has 62 valence electrons. The molecule has 2 rings (SSSR count). The van der Waals surface area contributed by atoms with Crippen LogP contribution in [0.4, 0.5) is 0 Å². The van der Waals surface area contributed by atoms with Crippen molar-refractivity contribution in [1.29, 1.82) is 0 Å². The normalized spacial score (nSPS) is 10.8. The van der Waals surface area contributed by atoms with Gasteiger partial charge < -0.3 is 4.42 Å². The molecule has 0 atom stereocenters. The van der Waals surface area contributed by atoms with Crippen LogP contribution in [0.15, 0.2) is 21.5 Å². The van der Waals surface area contributed by atoms with E-state index in [0.717, 1.165) is 12.1 Å². The number of fused-ring (bicyclic) bond motifs is 1. The number of aryl methyl sites for hydroxylation is 1. The second-order valence-corrected chi connectivity index (χ2v) is 2.54. The molecule has 0 aromatic carbocycles. The van der Waals surface area contributed by atoms with E-state index < -0.39 is 5.76 Å². The summed E-state index contributed by atoms with van der Waals surface area (Å²) in [6, 6.07) is 1.77. The molecule has 0 amide bonds. The monoisotopic (exact) mass is 164 g/mol. The Bertz CT molecular complexity index is 455. The molecule has 1 N–H and O–H groups in total. The second kappa shape index (κ2) is 2.48. The topological polar surface area (TPSA) is 58.9 Å². The van der Waals surface area contributed by atoms with Crippen LogP contribution in [0.3, 0.4) is 0 Å². The van der Waals surface area contributed by atoms with Crippen LogP contribution in [-0.2, 0) is 6.42 Å². The van der Waals surface area contributed by atoms with Crippen molar-refractivity contribution in [2.24, 2.45) is 0 Å². The SMILES string of the molecule is CCc1cc2oc(=O)[nH]c2cn1. The maximum absolute atomic E-state index is 10.7. The predicted octanol–water partition coefficient (Wildman–Crippen LogP) is 1.08. The summed E-state index contributed by atoms with van der Waals surface area (Å²) in [6.07, 6.45) is 2.45. The number of nitrogens with zero attached hydrogens (tertiary/aromatic N) is 1. The summed E-state index contributed by atoms with van der Waals surface area (Å²) in [7, 11) is 0. The average Bonchev–Trinajstić information content (AvgIpc) is 2.43. The average molecular weight is 164 g/mol. The van der Waals surface area contributed by atoms with Gasteiger partial charge in [0.1, 0.15) is 5.52 Å². The first kappa shape index (κ1) is 7.09. The molecule has 4 nitrogen and oxygen atoms in total. The maximum Gasteiger partial charge on any atom is 0.417 e. The van der Waals surface area contributed by atoms with Crippen LogP contribution >= 0.6 is 0 Å². The fraction of sp³-hybridized carbons (Fsp3) is 0.250. The third kappa shape index (κ3) is 1.01. The van der Waals surface area contributed by atoms with Crippen molar-refractivity contribution in [1.82, 2.24) is 9.97 Å². The van der Waals surface area contributed by atoms with Gasteiger partial charge in [0.2, 0.25) is 0 Å². The van der Waals surface area contributed by atoms with Gasteiger partial charge in [-0.3, -0.25) is 9.97 Å². The Hall–Kier alpha value is -1.58. The van der Waals surface area contributed by atoms with Gasteiger partial charge >= 0.3 is 5.76 Å². The Morgan fingerprint density at radius 1 is 1.67 bits per heavy atom. The Morgan fingerprint density at radius 2 is 2.50 bits per heavy atom. The number of nitrogens with one attached hydrogen (secondary N) is 1. The number of aromatic amines is 1. The zero-order valence-electron chi connectivity index (χ0n) is 6.63. The van der Waals surface area contributed by atoms with E-state index in [1.807, 2.05) is 6.92 Å². The lowest BCUT2D eigenvalue weighted by molar-refractivity contribution is 0.555. The molecule has 0 radical (unpaired) electrons. The Kier molecular flexibility index (Phi) is 1.46. The molecule has 2 aromatic rings. The molecular formula is C8H8N2O2. The molecule has 2 aromatic heterocycles. The fourth-order valence-electron chi connectivity index (χ4n) is 1.08. The molecule has 0 fully saturated rings. The summed E-state index contributed by atoms with van der Waals surface area (Å²) in [5.41, 5.74) is 2.15. The first-order valence-corrected chi connectivity index (χ1v) is 3.77. The number of oxazole rings is 1. The van der Waals surface area contributed by atoms with Crippen LogP contribution < -0.4 is 5.76 Å². The number of pyridine rings is 1. The van der Waals surface area contributed by atoms with Gasteiger partial charge in [-0.25, -0.2) is 4.79 Å². The van der Waals surface area contributed by atoms with E-state index in [1.165, 1.54) is 0 Å². The van der Waals surface area contributed by atoms with Gasteiger partial charge in [-0.2, -0.15) is 0 Å². The largest absolute Gasteiger partial charge is 0.417 e. The molecule has 0 saturated heterocycles. The van der Waals surface area contributed by atoms with Gasteiger partial charge in [0.15, 0.2) is 5.58 Å². The molecule has 0 spiro atoms. The van der Waals surface area contributed by atoms with Crippen LogP contribution in [0.5, 0.6) is 0 Å². The van der Waals surface area contributed by atoms with Gasteiger partial charge in [0.25, 0.3) is 0 Å². The van der Waals surface area contributed by atoms with Crippen molar-refractivity contribution in [3.63, 3.8) is 0 Å². The number of H-pyrrole nitrogens is 1. The quantitative estimate of drug-likeness (QED) is 0.686. The highest BCUT2D eigenvalue weighted by Gasteiger charge is 2.01. The van der Waals surface area contributed by atoms with Crippen molar-refractivity contribution in [2.75, 3.05) is 0 Å². The lowest BCUT2D eigenvalue weighted by atomic mass is 10.3. The Morgan fingerprint density at radius 3 is 3.25 bits per heavy atom. The van der Waals surface area contributed by atoms with E-state index in [9.17, 15) is 4.79 Å². The zero-order chi connectivity index (χ0) is 8.55. The number of hydrogen-bond donors (Lipinski definition) is 1. The second-order valence-electron chi connectivity index (χ2n) is 2.54. The summed E-state index contributed by atoms with van der Waals surface area (Å²) in [6.45, 7) is 2.00. The summed E-state index contributed by atoms with van der Waals surface area (Å²) < 4.78 is 4.86.